The predicted octanol–water partition coefficient (Wildman–Crippen LogP) is 2.66. The second kappa shape index (κ2) is 7.76. The van der Waals surface area contributed by atoms with Gasteiger partial charge >= 0.3 is 0 Å². The van der Waals surface area contributed by atoms with E-state index in [0.29, 0.717) is 5.92 Å². The van der Waals surface area contributed by atoms with Gasteiger partial charge in [-0.15, -0.1) is 0 Å². The minimum Gasteiger partial charge on any atom is -0.395 e. The van der Waals surface area contributed by atoms with Gasteiger partial charge in [0.1, 0.15) is 0 Å². The second-order valence-electron chi connectivity index (χ2n) is 6.87. The number of hydrogen-bond donors (Lipinski definition) is 4. The van der Waals surface area contributed by atoms with E-state index in [1.54, 1.807) is 0 Å². The lowest BCUT2D eigenvalue weighted by molar-refractivity contribution is 0.200. The maximum absolute atomic E-state index is 9.56. The van der Waals surface area contributed by atoms with Crippen molar-refractivity contribution in [2.75, 3.05) is 13.2 Å². The summed E-state index contributed by atoms with van der Waals surface area (Å²) in [5.74, 6) is 0.376. The summed E-state index contributed by atoms with van der Waals surface area (Å²) in [4.78, 5) is 4.17. The standard InChI is InChI=1S/C20H23ClN4O/c21-16-3-1-14(2-4-16)19-18(13-5-8-22-9-6-13)20(25-24-19)15-7-10-23-17(11-15)12-26/h1-6,8-9,15,17,19,23-26H,7,10-12H2. The van der Waals surface area contributed by atoms with Gasteiger partial charge in [-0.2, -0.15) is 0 Å². The Bertz CT molecular complexity index is 778. The smallest absolute Gasteiger partial charge is 0.0783 e. The van der Waals surface area contributed by atoms with E-state index in [1.165, 1.54) is 11.3 Å². The molecule has 0 spiro atoms. The van der Waals surface area contributed by atoms with E-state index in [1.807, 2.05) is 24.5 Å². The summed E-state index contributed by atoms with van der Waals surface area (Å²) in [5, 5.41) is 13.7. The number of halogens is 1. The number of benzene rings is 1. The summed E-state index contributed by atoms with van der Waals surface area (Å²) in [5.41, 5.74) is 11.7. The maximum Gasteiger partial charge on any atom is 0.0783 e. The third kappa shape index (κ3) is 3.48. The van der Waals surface area contributed by atoms with Crippen molar-refractivity contribution in [1.29, 1.82) is 0 Å². The number of allylic oxidation sites excluding steroid dienone is 1. The van der Waals surface area contributed by atoms with Crippen molar-refractivity contribution in [2.24, 2.45) is 5.92 Å². The largest absolute Gasteiger partial charge is 0.395 e. The van der Waals surface area contributed by atoms with Gasteiger partial charge in [0.25, 0.3) is 0 Å². The van der Waals surface area contributed by atoms with Crippen LogP contribution in [0.5, 0.6) is 0 Å². The molecule has 1 fully saturated rings. The highest BCUT2D eigenvalue weighted by atomic mass is 35.5. The van der Waals surface area contributed by atoms with Gasteiger partial charge < -0.3 is 15.8 Å². The lowest BCUT2D eigenvalue weighted by Crippen LogP contribution is -2.42. The van der Waals surface area contributed by atoms with Gasteiger partial charge in [0, 0.05) is 40.6 Å². The van der Waals surface area contributed by atoms with Crippen LogP contribution in [-0.2, 0) is 0 Å². The number of aliphatic hydroxyl groups is 1. The highest BCUT2D eigenvalue weighted by Crippen LogP contribution is 2.40. The van der Waals surface area contributed by atoms with Crippen LogP contribution < -0.4 is 16.2 Å². The summed E-state index contributed by atoms with van der Waals surface area (Å²) in [6.45, 7) is 1.08. The van der Waals surface area contributed by atoms with E-state index in [9.17, 15) is 5.11 Å². The molecule has 1 aromatic carbocycles. The summed E-state index contributed by atoms with van der Waals surface area (Å²) >= 11 is 6.07. The van der Waals surface area contributed by atoms with Gasteiger partial charge in [-0.05, 0) is 54.8 Å². The van der Waals surface area contributed by atoms with E-state index in [4.69, 9.17) is 11.6 Å². The van der Waals surface area contributed by atoms with Gasteiger partial charge in [-0.3, -0.25) is 4.98 Å². The molecule has 1 saturated heterocycles. The first-order valence-corrected chi connectivity index (χ1v) is 9.39. The molecule has 26 heavy (non-hydrogen) atoms. The molecular weight excluding hydrogens is 348 g/mol. The van der Waals surface area contributed by atoms with Crippen LogP contribution in [0.15, 0.2) is 54.5 Å². The Morgan fingerprint density at radius 2 is 1.88 bits per heavy atom. The summed E-state index contributed by atoms with van der Waals surface area (Å²) < 4.78 is 0. The Labute approximate surface area is 158 Å². The maximum atomic E-state index is 9.56. The molecule has 6 heteroatoms. The quantitative estimate of drug-likeness (QED) is 0.666. The lowest BCUT2D eigenvalue weighted by Gasteiger charge is -2.30. The molecule has 5 nitrogen and oxygen atoms in total. The Morgan fingerprint density at radius 3 is 2.62 bits per heavy atom. The minimum absolute atomic E-state index is 0.0483. The molecule has 0 radical (unpaired) electrons. The Kier molecular flexibility index (Phi) is 5.22. The number of pyridine rings is 1. The van der Waals surface area contributed by atoms with Gasteiger partial charge in [-0.25, -0.2) is 5.43 Å². The fourth-order valence-electron chi connectivity index (χ4n) is 3.93. The van der Waals surface area contributed by atoms with Crippen molar-refractivity contribution in [3.05, 3.63) is 70.6 Å². The normalized spacial score (nSPS) is 26.0. The zero-order chi connectivity index (χ0) is 17.9. The van der Waals surface area contributed by atoms with Crippen molar-refractivity contribution in [2.45, 2.75) is 24.9 Å². The summed E-state index contributed by atoms with van der Waals surface area (Å²) in [6.07, 6.45) is 5.62. The zero-order valence-electron chi connectivity index (χ0n) is 14.5. The van der Waals surface area contributed by atoms with Gasteiger partial charge in [0.05, 0.1) is 12.6 Å². The van der Waals surface area contributed by atoms with E-state index in [0.717, 1.165) is 35.5 Å². The number of piperidine rings is 1. The number of rotatable bonds is 4. The molecule has 4 rings (SSSR count). The number of aliphatic hydroxyl groups excluding tert-OH is 1. The van der Waals surface area contributed by atoms with Gasteiger partial charge in [0.2, 0.25) is 0 Å². The molecule has 3 unspecified atom stereocenters. The highest BCUT2D eigenvalue weighted by Gasteiger charge is 2.34. The molecular formula is C20H23ClN4O. The molecule has 2 aliphatic rings. The van der Waals surface area contributed by atoms with Crippen LogP contribution in [0, 0.1) is 5.92 Å². The first-order valence-electron chi connectivity index (χ1n) is 9.02. The third-order valence-corrected chi connectivity index (χ3v) is 5.50. The van der Waals surface area contributed by atoms with E-state index in [-0.39, 0.29) is 18.7 Å². The Morgan fingerprint density at radius 1 is 1.12 bits per heavy atom. The molecule has 0 saturated carbocycles. The SMILES string of the molecule is OCC1CC(C2=C(c3ccncc3)C(c3ccc(Cl)cc3)NN2)CCN1. The van der Waals surface area contributed by atoms with Gasteiger partial charge in [-0.1, -0.05) is 23.7 Å². The van der Waals surface area contributed by atoms with Crippen LogP contribution in [0.25, 0.3) is 5.57 Å². The van der Waals surface area contributed by atoms with Crippen LogP contribution in [0.2, 0.25) is 5.02 Å². The molecule has 4 N–H and O–H groups in total. The van der Waals surface area contributed by atoms with Gasteiger partial charge in [0.15, 0.2) is 0 Å². The number of hydrazine groups is 1. The number of nitrogens with zero attached hydrogens (tertiary/aromatic N) is 1. The van der Waals surface area contributed by atoms with Crippen molar-refractivity contribution >= 4 is 17.2 Å². The molecule has 0 bridgehead atoms. The fraction of sp³-hybridized carbons (Fsp3) is 0.350. The minimum atomic E-state index is 0.0483. The first kappa shape index (κ1) is 17.5. The van der Waals surface area contributed by atoms with E-state index < -0.39 is 0 Å². The first-order chi connectivity index (χ1) is 12.8. The zero-order valence-corrected chi connectivity index (χ0v) is 15.2. The topological polar surface area (TPSA) is 69.2 Å². The molecule has 136 valence electrons. The Balaban J connectivity index is 1.74. The molecule has 2 aliphatic heterocycles. The molecule has 3 atom stereocenters. The number of hydrogen-bond acceptors (Lipinski definition) is 5. The van der Waals surface area contributed by atoms with Crippen LogP contribution in [0.1, 0.15) is 30.0 Å². The fourth-order valence-corrected chi connectivity index (χ4v) is 4.06. The monoisotopic (exact) mass is 370 g/mol. The highest BCUT2D eigenvalue weighted by molar-refractivity contribution is 6.30. The molecule has 3 heterocycles. The Hall–Kier alpha value is -1.92. The van der Waals surface area contributed by atoms with Crippen LogP contribution in [0.4, 0.5) is 0 Å². The van der Waals surface area contributed by atoms with E-state index >= 15 is 0 Å². The summed E-state index contributed by atoms with van der Waals surface area (Å²) in [6, 6.07) is 12.3. The van der Waals surface area contributed by atoms with Crippen molar-refractivity contribution < 1.29 is 5.11 Å². The second-order valence-corrected chi connectivity index (χ2v) is 7.31. The van der Waals surface area contributed by atoms with Crippen LogP contribution in [-0.4, -0.2) is 29.3 Å². The average Bonchev–Trinajstić information content (AvgIpc) is 3.14. The van der Waals surface area contributed by atoms with Crippen LogP contribution >= 0.6 is 11.6 Å². The molecule has 0 amide bonds. The number of nitrogens with one attached hydrogen (secondary N) is 3. The van der Waals surface area contributed by atoms with Crippen molar-refractivity contribution in [3.8, 4) is 0 Å². The third-order valence-electron chi connectivity index (χ3n) is 5.25. The number of aromatic nitrogens is 1. The molecule has 0 aliphatic carbocycles. The molecule has 1 aromatic heterocycles. The van der Waals surface area contributed by atoms with Crippen LogP contribution in [0.3, 0.4) is 0 Å². The predicted molar refractivity (Wildman–Crippen MR) is 103 cm³/mol. The lowest BCUT2D eigenvalue weighted by atomic mass is 9.84. The molecule has 2 aromatic rings. The average molecular weight is 371 g/mol. The van der Waals surface area contributed by atoms with Crippen molar-refractivity contribution in [1.82, 2.24) is 21.2 Å². The van der Waals surface area contributed by atoms with Crippen molar-refractivity contribution in [3.63, 3.8) is 0 Å². The summed E-state index contributed by atoms with van der Waals surface area (Å²) in [7, 11) is 0. The van der Waals surface area contributed by atoms with E-state index in [2.05, 4.69) is 45.4 Å².